The molecule has 0 atom stereocenters. The number of aromatic nitrogens is 3. The average molecular weight is 267 g/mol. The highest BCUT2D eigenvalue weighted by Gasteiger charge is 2.07. The average Bonchev–Trinajstić information content (AvgIpc) is 2.74. The number of hydrogen-bond acceptors (Lipinski definition) is 2. The van der Waals surface area contributed by atoms with E-state index in [1.54, 1.807) is 11.6 Å². The van der Waals surface area contributed by atoms with Crippen LogP contribution in [0.1, 0.15) is 25.3 Å². The van der Waals surface area contributed by atoms with Crippen molar-refractivity contribution in [3.8, 4) is 11.3 Å². The predicted octanol–water partition coefficient (Wildman–Crippen LogP) is 3.05. The number of nitrogens with zero attached hydrogens (tertiary/aromatic N) is 2. The first-order valence-corrected chi connectivity index (χ1v) is 6.71. The van der Waals surface area contributed by atoms with Gasteiger partial charge >= 0.3 is 5.69 Å². The van der Waals surface area contributed by atoms with Crippen LogP contribution >= 0.6 is 0 Å². The van der Waals surface area contributed by atoms with Gasteiger partial charge in [-0.3, -0.25) is 9.55 Å². The highest BCUT2D eigenvalue weighted by Crippen LogP contribution is 2.24. The normalized spacial score (nSPS) is 11.4. The third-order valence-corrected chi connectivity index (χ3v) is 3.65. The van der Waals surface area contributed by atoms with Crippen molar-refractivity contribution in [3.05, 3.63) is 52.6 Å². The molecule has 2 heterocycles. The number of hydrogen-bond donors (Lipinski definition) is 1. The molecule has 0 radical (unpaired) electrons. The van der Waals surface area contributed by atoms with Gasteiger partial charge in [0, 0.05) is 18.8 Å². The lowest BCUT2D eigenvalue weighted by atomic mass is 10.0. The Bertz CT molecular complexity index is 827. The van der Waals surface area contributed by atoms with Crippen molar-refractivity contribution in [3.63, 3.8) is 0 Å². The molecular weight excluding hydrogens is 250 g/mol. The monoisotopic (exact) mass is 267 g/mol. The first-order chi connectivity index (χ1) is 9.56. The van der Waals surface area contributed by atoms with Crippen LogP contribution in [-0.2, 0) is 7.05 Å². The van der Waals surface area contributed by atoms with E-state index in [0.29, 0.717) is 5.92 Å². The van der Waals surface area contributed by atoms with Crippen LogP contribution in [0.3, 0.4) is 0 Å². The fraction of sp³-hybridized carbons (Fsp3) is 0.250. The highest BCUT2D eigenvalue weighted by molar-refractivity contribution is 5.81. The molecule has 102 valence electrons. The maximum atomic E-state index is 11.6. The molecule has 4 nitrogen and oxygen atoms in total. The van der Waals surface area contributed by atoms with Gasteiger partial charge in [-0.1, -0.05) is 19.9 Å². The van der Waals surface area contributed by atoms with E-state index < -0.39 is 0 Å². The van der Waals surface area contributed by atoms with Crippen molar-refractivity contribution in [2.24, 2.45) is 7.05 Å². The van der Waals surface area contributed by atoms with Gasteiger partial charge in [0.2, 0.25) is 0 Å². The van der Waals surface area contributed by atoms with Gasteiger partial charge in [0.05, 0.1) is 16.7 Å². The topological polar surface area (TPSA) is 50.7 Å². The van der Waals surface area contributed by atoms with Crippen molar-refractivity contribution >= 4 is 11.0 Å². The molecule has 20 heavy (non-hydrogen) atoms. The number of fused-ring (bicyclic) bond motifs is 1. The van der Waals surface area contributed by atoms with Gasteiger partial charge in [-0.05, 0) is 35.7 Å². The summed E-state index contributed by atoms with van der Waals surface area (Å²) in [4.78, 5) is 18.9. The van der Waals surface area contributed by atoms with E-state index in [9.17, 15) is 4.79 Å². The fourth-order valence-electron chi connectivity index (χ4n) is 2.36. The number of rotatable bonds is 2. The Labute approximate surface area is 117 Å². The quantitative estimate of drug-likeness (QED) is 0.775. The second-order valence-corrected chi connectivity index (χ2v) is 5.35. The molecule has 0 spiro atoms. The van der Waals surface area contributed by atoms with Gasteiger partial charge in [-0.15, -0.1) is 0 Å². The van der Waals surface area contributed by atoms with E-state index in [-0.39, 0.29) is 5.69 Å². The first-order valence-electron chi connectivity index (χ1n) is 6.71. The first kappa shape index (κ1) is 12.7. The molecule has 3 aromatic rings. The Balaban J connectivity index is 2.15. The number of aryl methyl sites for hydroxylation is 1. The summed E-state index contributed by atoms with van der Waals surface area (Å²) in [5.74, 6) is 0.469. The second-order valence-electron chi connectivity index (χ2n) is 5.35. The van der Waals surface area contributed by atoms with E-state index in [0.717, 1.165) is 22.3 Å². The van der Waals surface area contributed by atoms with Crippen LogP contribution in [0.4, 0.5) is 0 Å². The lowest BCUT2D eigenvalue weighted by Crippen LogP contribution is -2.11. The Morgan fingerprint density at radius 2 is 2.00 bits per heavy atom. The molecule has 0 fully saturated rings. The van der Waals surface area contributed by atoms with Gasteiger partial charge in [0.25, 0.3) is 0 Å². The van der Waals surface area contributed by atoms with Gasteiger partial charge in [-0.2, -0.15) is 0 Å². The van der Waals surface area contributed by atoms with E-state index in [4.69, 9.17) is 0 Å². The molecule has 0 unspecified atom stereocenters. The molecular formula is C16H17N3O. The lowest BCUT2D eigenvalue weighted by Gasteiger charge is -2.07. The SMILES string of the molecule is CC(C)c1ccnc(-c2ccc3c(c2)[nH]c(=O)n3C)c1. The standard InChI is InChI=1S/C16H17N3O/c1-10(2)11-6-7-17-13(8-11)12-4-5-15-14(9-12)18-16(20)19(15)3/h4-10H,1-3H3,(H,18,20). The zero-order valence-corrected chi connectivity index (χ0v) is 11.8. The van der Waals surface area contributed by atoms with Gasteiger partial charge in [0.1, 0.15) is 0 Å². The van der Waals surface area contributed by atoms with Crippen molar-refractivity contribution in [2.45, 2.75) is 19.8 Å². The van der Waals surface area contributed by atoms with Crippen LogP contribution in [0.2, 0.25) is 0 Å². The van der Waals surface area contributed by atoms with Crippen molar-refractivity contribution < 1.29 is 0 Å². The molecule has 0 aliphatic rings. The van der Waals surface area contributed by atoms with Gasteiger partial charge < -0.3 is 4.98 Å². The number of H-pyrrole nitrogens is 1. The summed E-state index contributed by atoms with van der Waals surface area (Å²) in [5, 5.41) is 0. The Morgan fingerprint density at radius 1 is 1.20 bits per heavy atom. The van der Waals surface area contributed by atoms with E-state index >= 15 is 0 Å². The van der Waals surface area contributed by atoms with Crippen molar-refractivity contribution in [1.29, 1.82) is 0 Å². The Morgan fingerprint density at radius 3 is 2.75 bits per heavy atom. The second kappa shape index (κ2) is 4.63. The number of nitrogens with one attached hydrogen (secondary N) is 1. The van der Waals surface area contributed by atoms with Crippen LogP contribution in [0, 0.1) is 0 Å². The maximum absolute atomic E-state index is 11.6. The molecule has 2 aromatic heterocycles. The van der Waals surface area contributed by atoms with Crippen LogP contribution in [0.15, 0.2) is 41.3 Å². The molecule has 0 bridgehead atoms. The van der Waals surface area contributed by atoms with E-state index in [1.165, 1.54) is 5.56 Å². The molecule has 0 aliphatic carbocycles. The molecule has 0 amide bonds. The summed E-state index contributed by atoms with van der Waals surface area (Å²) in [6, 6.07) is 10.1. The molecule has 4 heteroatoms. The third kappa shape index (κ3) is 2.03. The van der Waals surface area contributed by atoms with Crippen LogP contribution < -0.4 is 5.69 Å². The molecule has 3 rings (SSSR count). The van der Waals surface area contributed by atoms with Crippen molar-refractivity contribution in [1.82, 2.24) is 14.5 Å². The smallest absolute Gasteiger partial charge is 0.306 e. The van der Waals surface area contributed by atoms with Gasteiger partial charge in [0.15, 0.2) is 0 Å². The fourth-order valence-corrected chi connectivity index (χ4v) is 2.36. The maximum Gasteiger partial charge on any atom is 0.326 e. The molecule has 1 N–H and O–H groups in total. The van der Waals surface area contributed by atoms with Crippen LogP contribution in [-0.4, -0.2) is 14.5 Å². The minimum absolute atomic E-state index is 0.0963. The lowest BCUT2D eigenvalue weighted by molar-refractivity contribution is 0.864. The molecule has 0 saturated heterocycles. The summed E-state index contributed by atoms with van der Waals surface area (Å²) < 4.78 is 1.61. The number of aromatic amines is 1. The van der Waals surface area contributed by atoms with Crippen molar-refractivity contribution in [2.75, 3.05) is 0 Å². The number of imidazole rings is 1. The minimum Gasteiger partial charge on any atom is -0.306 e. The zero-order chi connectivity index (χ0) is 14.3. The predicted molar refractivity (Wildman–Crippen MR) is 80.9 cm³/mol. The van der Waals surface area contributed by atoms with Crippen LogP contribution in [0.5, 0.6) is 0 Å². The Kier molecular flexibility index (Phi) is 2.93. The third-order valence-electron chi connectivity index (χ3n) is 3.65. The highest BCUT2D eigenvalue weighted by atomic mass is 16.1. The summed E-state index contributed by atoms with van der Waals surface area (Å²) in [6.07, 6.45) is 1.84. The minimum atomic E-state index is -0.0963. The number of pyridine rings is 1. The van der Waals surface area contributed by atoms with E-state index in [1.807, 2.05) is 30.5 Å². The summed E-state index contributed by atoms with van der Waals surface area (Å²) in [5.41, 5.74) is 4.85. The summed E-state index contributed by atoms with van der Waals surface area (Å²) >= 11 is 0. The summed E-state index contributed by atoms with van der Waals surface area (Å²) in [7, 11) is 1.76. The molecule has 0 aliphatic heterocycles. The summed E-state index contributed by atoms with van der Waals surface area (Å²) in [6.45, 7) is 4.33. The van der Waals surface area contributed by atoms with E-state index in [2.05, 4.69) is 29.9 Å². The molecule has 1 aromatic carbocycles. The largest absolute Gasteiger partial charge is 0.326 e. The van der Waals surface area contributed by atoms with Gasteiger partial charge in [-0.25, -0.2) is 4.79 Å². The molecule has 0 saturated carbocycles. The number of benzene rings is 1. The Hall–Kier alpha value is -2.36. The zero-order valence-electron chi connectivity index (χ0n) is 11.8. The van der Waals surface area contributed by atoms with Crippen LogP contribution in [0.25, 0.3) is 22.3 Å².